The minimum atomic E-state index is 0.404. The molecule has 0 bridgehead atoms. The van der Waals surface area contributed by atoms with Crippen molar-refractivity contribution in [3.8, 4) is 0 Å². The lowest BCUT2D eigenvalue weighted by Crippen LogP contribution is -2.62. The van der Waals surface area contributed by atoms with Gasteiger partial charge in [-0.25, -0.2) is 0 Å². The average molecular weight is 687 g/mol. The van der Waals surface area contributed by atoms with Gasteiger partial charge in [-0.15, -0.1) is 0 Å². The number of hydrogen-bond donors (Lipinski definition) is 0. The summed E-state index contributed by atoms with van der Waals surface area (Å²) in [6.07, 6.45) is 8.69. The summed E-state index contributed by atoms with van der Waals surface area (Å²) in [5, 5.41) is 0. The molecule has 2 atom stereocenters. The maximum absolute atomic E-state index is 5.92. The molecule has 2 rings (SSSR count). The second kappa shape index (κ2) is 27.6. The lowest BCUT2D eigenvalue weighted by molar-refractivity contribution is 0.0131. The fraction of sp³-hybridized carbons (Fsp3) is 0.944. The topological polar surface area (TPSA) is 74.8 Å². The minimum absolute atomic E-state index is 0.404. The van der Waals surface area contributed by atoms with Gasteiger partial charge < -0.3 is 48.0 Å². The van der Waals surface area contributed by atoms with Crippen LogP contribution in [0.2, 0.25) is 0 Å². The van der Waals surface area contributed by atoms with Gasteiger partial charge in [0.15, 0.2) is 0 Å². The molecule has 0 aromatic heterocycles. The van der Waals surface area contributed by atoms with E-state index in [1.165, 1.54) is 5.70 Å². The molecule has 0 N–H and O–H groups in total. The van der Waals surface area contributed by atoms with Gasteiger partial charge in [-0.3, -0.25) is 9.80 Å². The van der Waals surface area contributed by atoms with Crippen molar-refractivity contribution in [3.05, 3.63) is 11.9 Å². The first kappa shape index (κ1) is 43.1. The van der Waals surface area contributed by atoms with Crippen molar-refractivity contribution >= 4 is 0 Å². The third-order valence-electron chi connectivity index (χ3n) is 9.48. The van der Waals surface area contributed by atoms with E-state index in [-0.39, 0.29) is 0 Å². The van der Waals surface area contributed by atoms with Crippen molar-refractivity contribution in [1.29, 1.82) is 0 Å². The normalized spacial score (nSPS) is 18.8. The van der Waals surface area contributed by atoms with Crippen LogP contribution in [0, 0.1) is 0 Å². The first-order valence-electron chi connectivity index (χ1n) is 18.6. The van der Waals surface area contributed by atoms with Crippen LogP contribution in [0.3, 0.4) is 0 Å². The van der Waals surface area contributed by atoms with Gasteiger partial charge in [-0.1, -0.05) is 0 Å². The highest BCUT2D eigenvalue weighted by atomic mass is 16.5. The summed E-state index contributed by atoms with van der Waals surface area (Å²) >= 11 is 0. The van der Waals surface area contributed by atoms with Crippen molar-refractivity contribution in [1.82, 2.24) is 29.4 Å². The third kappa shape index (κ3) is 18.8. The smallest absolute Gasteiger partial charge is 0.0700 e. The van der Waals surface area contributed by atoms with Gasteiger partial charge in [0.25, 0.3) is 0 Å². The quantitative estimate of drug-likeness (QED) is 0.104. The molecule has 2 aliphatic heterocycles. The number of ether oxygens (including phenoxy) is 6. The van der Waals surface area contributed by atoms with Crippen LogP contribution >= 0.6 is 0 Å². The molecule has 2 heterocycles. The molecule has 284 valence electrons. The largest absolute Gasteiger partial charge is 0.385 e. The van der Waals surface area contributed by atoms with Gasteiger partial charge in [0.2, 0.25) is 0 Å². The Hall–Kier alpha value is -1.06. The maximum Gasteiger partial charge on any atom is 0.0700 e. The van der Waals surface area contributed by atoms with Crippen molar-refractivity contribution in [2.75, 3.05) is 174 Å². The lowest BCUT2D eigenvalue weighted by Gasteiger charge is -2.47. The zero-order valence-corrected chi connectivity index (χ0v) is 32.0. The fourth-order valence-corrected chi connectivity index (χ4v) is 6.47. The molecule has 0 aromatic rings. The Balaban J connectivity index is 2.01. The van der Waals surface area contributed by atoms with E-state index in [1.54, 1.807) is 21.3 Å². The number of rotatable bonds is 30. The Morgan fingerprint density at radius 1 is 0.688 bits per heavy atom. The highest BCUT2D eigenvalue weighted by Crippen LogP contribution is 2.20. The molecule has 0 radical (unpaired) electrons. The van der Waals surface area contributed by atoms with E-state index in [0.717, 1.165) is 150 Å². The zero-order valence-electron chi connectivity index (χ0n) is 32.0. The van der Waals surface area contributed by atoms with Gasteiger partial charge in [-0.2, -0.15) is 0 Å². The molecule has 1 fully saturated rings. The lowest BCUT2D eigenvalue weighted by atomic mass is 10.00. The Kier molecular flexibility index (Phi) is 24.8. The standard InChI is InChI=1S/C36H74N6O6/c1-37-16-19-42(15-8-9-23-48-29-28-45-7)36(33-37)35(40(4)14-12-25-46-26-13-22-44-6)32-38(2)30-34-31-41(18-17-39(34)3)20-27-47-24-11-10-21-43-5/h31,35-36H,8-30,32-33H2,1-7H3. The minimum Gasteiger partial charge on any atom is -0.385 e. The van der Waals surface area contributed by atoms with E-state index in [1.807, 2.05) is 0 Å². The van der Waals surface area contributed by atoms with Crippen molar-refractivity contribution in [2.45, 2.75) is 50.6 Å². The molecular weight excluding hydrogens is 612 g/mol. The van der Waals surface area contributed by atoms with E-state index >= 15 is 0 Å². The van der Waals surface area contributed by atoms with Crippen LogP contribution in [0.15, 0.2) is 11.9 Å². The van der Waals surface area contributed by atoms with Crippen LogP contribution in [-0.4, -0.2) is 216 Å². The number of nitrogens with zero attached hydrogens (tertiary/aromatic N) is 6. The van der Waals surface area contributed by atoms with E-state index in [9.17, 15) is 0 Å². The summed E-state index contributed by atoms with van der Waals surface area (Å²) in [7, 11) is 14.4. The number of piperazine rings is 1. The molecule has 0 amide bonds. The van der Waals surface area contributed by atoms with Crippen LogP contribution in [0.5, 0.6) is 0 Å². The predicted molar refractivity (Wildman–Crippen MR) is 195 cm³/mol. The molecule has 0 aliphatic carbocycles. The summed E-state index contributed by atoms with van der Waals surface area (Å²) in [5.74, 6) is 0. The predicted octanol–water partition coefficient (Wildman–Crippen LogP) is 2.25. The SMILES string of the molecule is COCCCCOCCN1C=C(CN(C)CC(C2CN(C)CCN2CCCCOCCOC)N(C)CCCOCCCOC)N(C)CC1. The Morgan fingerprint density at radius 2 is 1.33 bits per heavy atom. The van der Waals surface area contributed by atoms with Crippen molar-refractivity contribution in [3.63, 3.8) is 0 Å². The monoisotopic (exact) mass is 687 g/mol. The van der Waals surface area contributed by atoms with Crippen LogP contribution in [0.4, 0.5) is 0 Å². The van der Waals surface area contributed by atoms with Gasteiger partial charge >= 0.3 is 0 Å². The van der Waals surface area contributed by atoms with E-state index < -0.39 is 0 Å². The molecule has 0 aromatic carbocycles. The molecule has 2 unspecified atom stereocenters. The molecule has 1 saturated heterocycles. The zero-order chi connectivity index (χ0) is 34.8. The van der Waals surface area contributed by atoms with E-state index in [0.29, 0.717) is 25.3 Å². The molecule has 48 heavy (non-hydrogen) atoms. The maximum atomic E-state index is 5.92. The molecule has 0 saturated carbocycles. The summed E-state index contributed by atoms with van der Waals surface area (Å²) in [5.41, 5.74) is 1.38. The van der Waals surface area contributed by atoms with Crippen molar-refractivity contribution in [2.24, 2.45) is 0 Å². The van der Waals surface area contributed by atoms with Crippen LogP contribution in [-0.2, 0) is 28.4 Å². The third-order valence-corrected chi connectivity index (χ3v) is 9.48. The van der Waals surface area contributed by atoms with E-state index in [2.05, 4.69) is 63.8 Å². The molecule has 12 heteroatoms. The van der Waals surface area contributed by atoms with Crippen LogP contribution in [0.1, 0.15) is 38.5 Å². The van der Waals surface area contributed by atoms with Crippen LogP contribution < -0.4 is 0 Å². The van der Waals surface area contributed by atoms with Gasteiger partial charge in [0.1, 0.15) is 0 Å². The Morgan fingerprint density at radius 3 is 2.10 bits per heavy atom. The van der Waals surface area contributed by atoms with Crippen molar-refractivity contribution < 1.29 is 28.4 Å². The van der Waals surface area contributed by atoms with Gasteiger partial charge in [0.05, 0.1) is 19.8 Å². The first-order valence-corrected chi connectivity index (χ1v) is 18.6. The molecule has 2 aliphatic rings. The summed E-state index contributed by atoms with van der Waals surface area (Å²) in [6, 6.07) is 0.866. The molecular formula is C36H74N6O6. The summed E-state index contributed by atoms with van der Waals surface area (Å²) in [6.45, 7) is 17.2. The second-order valence-electron chi connectivity index (χ2n) is 13.6. The highest BCUT2D eigenvalue weighted by molar-refractivity contribution is 5.06. The fourth-order valence-electron chi connectivity index (χ4n) is 6.47. The summed E-state index contributed by atoms with van der Waals surface area (Å²) in [4.78, 5) is 15.3. The first-order chi connectivity index (χ1) is 23.4. The van der Waals surface area contributed by atoms with Gasteiger partial charge in [0, 0.05) is 151 Å². The van der Waals surface area contributed by atoms with Crippen LogP contribution in [0.25, 0.3) is 0 Å². The highest BCUT2D eigenvalue weighted by Gasteiger charge is 2.34. The second-order valence-corrected chi connectivity index (χ2v) is 13.6. The Labute approximate surface area is 294 Å². The number of unbranched alkanes of at least 4 members (excludes halogenated alkanes) is 2. The number of methoxy groups -OCH3 is 3. The number of likely N-dealkylation sites (N-methyl/N-ethyl adjacent to an activating group) is 4. The molecule has 0 spiro atoms. The molecule has 12 nitrogen and oxygen atoms in total. The Bertz CT molecular complexity index is 798. The summed E-state index contributed by atoms with van der Waals surface area (Å²) < 4.78 is 33.0. The van der Waals surface area contributed by atoms with E-state index in [4.69, 9.17) is 28.4 Å². The average Bonchev–Trinajstić information content (AvgIpc) is 3.07. The number of hydrogen-bond acceptors (Lipinski definition) is 12. The van der Waals surface area contributed by atoms with Gasteiger partial charge in [-0.05, 0) is 66.2 Å².